The molecule has 2 aromatic rings. The van der Waals surface area contributed by atoms with E-state index in [9.17, 15) is 4.79 Å². The molecule has 0 aliphatic heterocycles. The van der Waals surface area contributed by atoms with E-state index < -0.39 is 5.97 Å². The summed E-state index contributed by atoms with van der Waals surface area (Å²) in [5, 5.41) is 16.4. The van der Waals surface area contributed by atoms with Crippen molar-refractivity contribution in [2.24, 2.45) is 0 Å². The second-order valence-electron chi connectivity index (χ2n) is 3.62. The van der Waals surface area contributed by atoms with Crippen LogP contribution in [0.3, 0.4) is 0 Å². The maximum Gasteiger partial charge on any atom is 0.341 e. The monoisotopic (exact) mass is 244 g/mol. The van der Waals surface area contributed by atoms with Crippen LogP contribution < -0.4 is 4.74 Å². The number of aromatic carboxylic acids is 1. The van der Waals surface area contributed by atoms with E-state index in [0.717, 1.165) is 12.0 Å². The van der Waals surface area contributed by atoms with Crippen LogP contribution in [0.1, 0.15) is 22.8 Å². The first-order chi connectivity index (χ1) is 8.72. The van der Waals surface area contributed by atoms with Crippen LogP contribution in [0.25, 0.3) is 0 Å². The Balaban J connectivity index is 2.37. The van der Waals surface area contributed by atoms with Gasteiger partial charge < -0.3 is 9.84 Å². The first kappa shape index (κ1) is 12.0. The highest BCUT2D eigenvalue weighted by molar-refractivity contribution is 5.90. The fourth-order valence-corrected chi connectivity index (χ4v) is 1.56. The Labute approximate surface area is 104 Å². The highest BCUT2D eigenvalue weighted by Gasteiger charge is 2.14. The van der Waals surface area contributed by atoms with E-state index in [4.69, 9.17) is 9.84 Å². The third-order valence-electron chi connectivity index (χ3n) is 2.48. The highest BCUT2D eigenvalue weighted by atomic mass is 16.5. The third-order valence-corrected chi connectivity index (χ3v) is 2.48. The molecular formula is C13H12N2O3. The molecule has 0 amide bonds. The second-order valence-corrected chi connectivity index (χ2v) is 3.62. The summed E-state index contributed by atoms with van der Waals surface area (Å²) in [6, 6.07) is 8.79. The van der Waals surface area contributed by atoms with E-state index in [1.807, 2.05) is 25.1 Å². The SMILES string of the molecule is CCc1ccccc1Oc1nnccc1C(=O)O. The molecule has 0 spiro atoms. The average Bonchev–Trinajstić information content (AvgIpc) is 2.40. The molecule has 5 nitrogen and oxygen atoms in total. The number of hydrogen-bond acceptors (Lipinski definition) is 4. The van der Waals surface area contributed by atoms with Crippen molar-refractivity contribution >= 4 is 5.97 Å². The van der Waals surface area contributed by atoms with E-state index in [2.05, 4.69) is 10.2 Å². The van der Waals surface area contributed by atoms with E-state index in [1.54, 1.807) is 6.07 Å². The van der Waals surface area contributed by atoms with Crippen LogP contribution in [0.15, 0.2) is 36.5 Å². The van der Waals surface area contributed by atoms with Crippen LogP contribution in [0.4, 0.5) is 0 Å². The normalized spacial score (nSPS) is 10.1. The molecule has 0 fully saturated rings. The Morgan fingerprint density at radius 3 is 2.83 bits per heavy atom. The number of aromatic nitrogens is 2. The van der Waals surface area contributed by atoms with Crippen LogP contribution in [-0.2, 0) is 6.42 Å². The zero-order chi connectivity index (χ0) is 13.0. The summed E-state index contributed by atoms with van der Waals surface area (Å²) < 4.78 is 5.54. The minimum absolute atomic E-state index is 0.00379. The lowest BCUT2D eigenvalue weighted by molar-refractivity contribution is 0.0693. The van der Waals surface area contributed by atoms with E-state index in [0.29, 0.717) is 5.75 Å². The minimum atomic E-state index is -1.09. The summed E-state index contributed by atoms with van der Waals surface area (Å²) in [7, 11) is 0. The molecule has 0 saturated carbocycles. The Morgan fingerprint density at radius 2 is 2.11 bits per heavy atom. The number of carbonyl (C=O) groups is 1. The number of carboxylic acid groups (broad SMARTS) is 1. The molecule has 1 heterocycles. The maximum atomic E-state index is 11.0. The Kier molecular flexibility index (Phi) is 3.52. The summed E-state index contributed by atoms with van der Waals surface area (Å²) in [6.45, 7) is 2.00. The Hall–Kier alpha value is -2.43. The van der Waals surface area contributed by atoms with Crippen molar-refractivity contribution in [2.45, 2.75) is 13.3 Å². The Bertz CT molecular complexity index is 570. The number of nitrogens with zero attached hydrogens (tertiary/aromatic N) is 2. The Morgan fingerprint density at radius 1 is 1.33 bits per heavy atom. The van der Waals surface area contributed by atoms with Crippen molar-refractivity contribution in [3.8, 4) is 11.6 Å². The molecule has 0 bridgehead atoms. The summed E-state index contributed by atoms with van der Waals surface area (Å²) >= 11 is 0. The number of benzene rings is 1. The number of aryl methyl sites for hydroxylation is 1. The zero-order valence-electron chi connectivity index (χ0n) is 9.83. The molecule has 1 aromatic heterocycles. The molecule has 18 heavy (non-hydrogen) atoms. The third kappa shape index (κ3) is 2.45. The molecule has 5 heteroatoms. The predicted molar refractivity (Wildman–Crippen MR) is 64.9 cm³/mol. The van der Waals surface area contributed by atoms with Gasteiger partial charge in [-0.2, -0.15) is 5.10 Å². The van der Waals surface area contributed by atoms with Gasteiger partial charge in [0.05, 0.1) is 6.20 Å². The van der Waals surface area contributed by atoms with Crippen molar-refractivity contribution in [1.29, 1.82) is 0 Å². The van der Waals surface area contributed by atoms with Gasteiger partial charge in [-0.3, -0.25) is 0 Å². The molecular weight excluding hydrogens is 232 g/mol. The van der Waals surface area contributed by atoms with Gasteiger partial charge in [0, 0.05) is 0 Å². The van der Waals surface area contributed by atoms with Crippen LogP contribution in [0.2, 0.25) is 0 Å². The number of rotatable bonds is 4. The lowest BCUT2D eigenvalue weighted by Crippen LogP contribution is -2.03. The molecule has 92 valence electrons. The molecule has 0 atom stereocenters. The van der Waals surface area contributed by atoms with Crippen molar-refractivity contribution in [2.75, 3.05) is 0 Å². The van der Waals surface area contributed by atoms with Crippen molar-refractivity contribution < 1.29 is 14.6 Å². The number of ether oxygens (including phenoxy) is 1. The molecule has 1 aromatic carbocycles. The highest BCUT2D eigenvalue weighted by Crippen LogP contribution is 2.26. The van der Waals surface area contributed by atoms with Gasteiger partial charge in [0.25, 0.3) is 5.88 Å². The molecule has 0 saturated heterocycles. The molecule has 0 unspecified atom stereocenters. The second kappa shape index (κ2) is 5.27. The van der Waals surface area contributed by atoms with Gasteiger partial charge >= 0.3 is 5.97 Å². The molecule has 1 N–H and O–H groups in total. The van der Waals surface area contributed by atoms with Gasteiger partial charge in [-0.15, -0.1) is 5.10 Å². The quantitative estimate of drug-likeness (QED) is 0.894. The molecule has 0 aliphatic rings. The van der Waals surface area contributed by atoms with E-state index in [1.165, 1.54) is 12.3 Å². The van der Waals surface area contributed by atoms with Crippen LogP contribution in [0.5, 0.6) is 11.6 Å². The zero-order valence-corrected chi connectivity index (χ0v) is 9.83. The number of carboxylic acids is 1. The van der Waals surface area contributed by atoms with E-state index in [-0.39, 0.29) is 11.4 Å². The van der Waals surface area contributed by atoms with Crippen LogP contribution in [-0.4, -0.2) is 21.3 Å². The fraction of sp³-hybridized carbons (Fsp3) is 0.154. The van der Waals surface area contributed by atoms with Gasteiger partial charge in [-0.25, -0.2) is 4.79 Å². The smallest absolute Gasteiger partial charge is 0.341 e. The van der Waals surface area contributed by atoms with Gasteiger partial charge in [0.15, 0.2) is 0 Å². The van der Waals surface area contributed by atoms with Gasteiger partial charge in [-0.1, -0.05) is 25.1 Å². The van der Waals surface area contributed by atoms with Crippen molar-refractivity contribution in [3.63, 3.8) is 0 Å². The van der Waals surface area contributed by atoms with Gasteiger partial charge in [-0.05, 0) is 24.1 Å². The minimum Gasteiger partial charge on any atom is -0.477 e. The summed E-state index contributed by atoms with van der Waals surface area (Å²) in [5.41, 5.74) is 0.982. The van der Waals surface area contributed by atoms with Gasteiger partial charge in [0.1, 0.15) is 11.3 Å². The lowest BCUT2D eigenvalue weighted by atomic mass is 10.1. The first-order valence-electron chi connectivity index (χ1n) is 5.53. The first-order valence-corrected chi connectivity index (χ1v) is 5.53. The largest absolute Gasteiger partial charge is 0.477 e. The molecule has 0 aliphatic carbocycles. The van der Waals surface area contributed by atoms with Gasteiger partial charge in [0.2, 0.25) is 0 Å². The number of hydrogen-bond donors (Lipinski definition) is 1. The topological polar surface area (TPSA) is 72.3 Å². The van der Waals surface area contributed by atoms with Crippen molar-refractivity contribution in [3.05, 3.63) is 47.7 Å². The summed E-state index contributed by atoms with van der Waals surface area (Å²) in [5.74, 6) is -0.484. The van der Waals surface area contributed by atoms with Crippen LogP contribution >= 0.6 is 0 Å². The standard InChI is InChI=1S/C13H12N2O3/c1-2-9-5-3-4-6-11(9)18-12-10(13(16)17)7-8-14-15-12/h3-8H,2H2,1H3,(H,16,17). The summed E-state index contributed by atoms with van der Waals surface area (Å²) in [4.78, 5) is 11.0. The summed E-state index contributed by atoms with van der Waals surface area (Å²) in [6.07, 6.45) is 2.11. The number of para-hydroxylation sites is 1. The average molecular weight is 244 g/mol. The van der Waals surface area contributed by atoms with E-state index >= 15 is 0 Å². The molecule has 0 radical (unpaired) electrons. The molecule has 2 rings (SSSR count). The fourth-order valence-electron chi connectivity index (χ4n) is 1.56. The lowest BCUT2D eigenvalue weighted by Gasteiger charge is -2.09. The predicted octanol–water partition coefficient (Wildman–Crippen LogP) is 2.53. The maximum absolute atomic E-state index is 11.0. The van der Waals surface area contributed by atoms with Crippen molar-refractivity contribution in [1.82, 2.24) is 10.2 Å². The van der Waals surface area contributed by atoms with Crippen LogP contribution in [0, 0.1) is 0 Å².